The number of benzene rings is 1. The molecule has 0 aliphatic rings. The summed E-state index contributed by atoms with van der Waals surface area (Å²) in [5.41, 5.74) is -2.18. The fourth-order valence-electron chi connectivity index (χ4n) is 3.29. The van der Waals surface area contributed by atoms with Gasteiger partial charge in [-0.2, -0.15) is 13.2 Å². The molecule has 17 heteroatoms. The van der Waals surface area contributed by atoms with Crippen LogP contribution in [0.4, 0.5) is 27.6 Å². The highest BCUT2D eigenvalue weighted by molar-refractivity contribution is 7.92. The highest BCUT2D eigenvalue weighted by Crippen LogP contribution is 2.32. The Bertz CT molecular complexity index is 1660. The minimum Gasteiger partial charge on any atom is -0.480 e. The van der Waals surface area contributed by atoms with E-state index in [0.717, 1.165) is 54.6 Å². The first-order valence-corrected chi connectivity index (χ1v) is 12.0. The van der Waals surface area contributed by atoms with Crippen LogP contribution in [0.1, 0.15) is 10.5 Å². The topological polar surface area (TPSA) is 128 Å². The van der Waals surface area contributed by atoms with Gasteiger partial charge in [0.25, 0.3) is 15.9 Å². The minimum absolute atomic E-state index is 0.0456. The first kappa shape index (κ1) is 27.0. The number of methoxy groups -OCH3 is 1. The fraction of sp³-hybridized carbons (Fsp3) is 0.143. The van der Waals surface area contributed by atoms with Gasteiger partial charge in [0.2, 0.25) is 5.88 Å². The molecule has 1 aromatic carbocycles. The molecule has 0 aliphatic heterocycles. The number of pyridine rings is 1. The summed E-state index contributed by atoms with van der Waals surface area (Å²) in [6.07, 6.45) is -0.439. The monoisotopic (exact) mass is 576 g/mol. The largest absolute Gasteiger partial charge is 0.480 e. The predicted molar refractivity (Wildman–Crippen MR) is 123 cm³/mol. The molecule has 0 unspecified atom stereocenters. The molecule has 0 spiro atoms. The Labute approximate surface area is 215 Å². The number of carbonyl (C=O) groups is 1. The average molecular weight is 577 g/mol. The molecule has 38 heavy (non-hydrogen) atoms. The number of sulfonamides is 1. The normalized spacial score (nSPS) is 12.0. The molecule has 3 aromatic heterocycles. The van der Waals surface area contributed by atoms with Crippen molar-refractivity contribution in [2.75, 3.05) is 18.4 Å². The molecule has 0 bridgehead atoms. The number of nitrogens with one attached hydrogen (secondary N) is 2. The van der Waals surface area contributed by atoms with Crippen molar-refractivity contribution in [1.29, 1.82) is 0 Å². The highest BCUT2D eigenvalue weighted by Gasteiger charge is 2.29. The molecule has 0 fully saturated rings. The van der Waals surface area contributed by atoms with Crippen LogP contribution < -0.4 is 14.8 Å². The van der Waals surface area contributed by atoms with E-state index in [1.807, 2.05) is 4.72 Å². The molecule has 0 radical (unpaired) electrons. The minimum atomic E-state index is -4.65. The molecule has 0 saturated carbocycles. The van der Waals surface area contributed by atoms with Crippen molar-refractivity contribution in [3.8, 4) is 17.1 Å². The number of nitrogens with zero attached hydrogens (tertiary/aromatic N) is 4. The van der Waals surface area contributed by atoms with Gasteiger partial charge in [0.15, 0.2) is 16.4 Å². The van der Waals surface area contributed by atoms with E-state index in [1.165, 1.54) is 0 Å². The Balaban J connectivity index is 1.70. The summed E-state index contributed by atoms with van der Waals surface area (Å²) in [5.74, 6) is -3.91. The van der Waals surface area contributed by atoms with Crippen LogP contribution in [-0.4, -0.2) is 53.5 Å². The summed E-state index contributed by atoms with van der Waals surface area (Å²) >= 11 is 5.82. The molecule has 2 N–H and O–H groups in total. The van der Waals surface area contributed by atoms with E-state index in [2.05, 4.69) is 15.0 Å². The number of ether oxygens (including phenoxy) is 1. The van der Waals surface area contributed by atoms with Gasteiger partial charge in [-0.05, 0) is 18.2 Å². The van der Waals surface area contributed by atoms with Crippen LogP contribution in [0, 0.1) is 11.6 Å². The second kappa shape index (κ2) is 10.0. The Hall–Kier alpha value is -4.05. The maximum Gasteiger partial charge on any atom is 0.405 e. The number of imidazole rings is 1. The van der Waals surface area contributed by atoms with E-state index in [0.29, 0.717) is 0 Å². The fourth-order valence-corrected chi connectivity index (χ4v) is 4.71. The third-order valence-corrected chi connectivity index (χ3v) is 6.51. The van der Waals surface area contributed by atoms with Gasteiger partial charge >= 0.3 is 6.18 Å². The van der Waals surface area contributed by atoms with Gasteiger partial charge in [-0.1, -0.05) is 11.6 Å². The summed E-state index contributed by atoms with van der Waals surface area (Å²) in [6.45, 7) is -1.59. The van der Waals surface area contributed by atoms with Crippen LogP contribution in [0.15, 0.2) is 48.0 Å². The Kier molecular flexibility index (Phi) is 7.12. The quantitative estimate of drug-likeness (QED) is 0.320. The summed E-state index contributed by atoms with van der Waals surface area (Å²) < 4.78 is 101. The van der Waals surface area contributed by atoms with Gasteiger partial charge in [0.05, 0.1) is 40.8 Å². The van der Waals surface area contributed by atoms with Crippen LogP contribution in [0.2, 0.25) is 5.02 Å². The molecule has 10 nitrogen and oxygen atoms in total. The van der Waals surface area contributed by atoms with E-state index >= 15 is 4.39 Å². The summed E-state index contributed by atoms with van der Waals surface area (Å²) in [5, 5.41) is 1.62. The van der Waals surface area contributed by atoms with Gasteiger partial charge in [0.1, 0.15) is 18.7 Å². The van der Waals surface area contributed by atoms with Crippen molar-refractivity contribution in [3.05, 3.63) is 65.5 Å². The molecule has 0 saturated heterocycles. The lowest BCUT2D eigenvalue weighted by Gasteiger charge is -2.14. The number of rotatable bonds is 7. The van der Waals surface area contributed by atoms with E-state index < -0.39 is 62.1 Å². The van der Waals surface area contributed by atoms with Crippen molar-refractivity contribution in [3.63, 3.8) is 0 Å². The number of hydrogen-bond donors (Lipinski definition) is 2. The lowest BCUT2D eigenvalue weighted by atomic mass is 10.1. The Morgan fingerprint density at radius 2 is 1.89 bits per heavy atom. The van der Waals surface area contributed by atoms with E-state index in [9.17, 15) is 30.8 Å². The zero-order valence-corrected chi connectivity index (χ0v) is 20.4. The lowest BCUT2D eigenvalue weighted by molar-refractivity contribution is -0.123. The number of amides is 1. The molecule has 3 heterocycles. The summed E-state index contributed by atoms with van der Waals surface area (Å²) in [6, 6.07) is 2.66. The molecule has 4 rings (SSSR count). The van der Waals surface area contributed by atoms with Crippen LogP contribution >= 0.6 is 11.6 Å². The second-order valence-electron chi connectivity index (χ2n) is 7.51. The SMILES string of the molecule is COc1ncc(Cl)cc1S(=O)(=O)Nc1ccc(F)c(-c2cn3cnc(C(=O)NCC(F)(F)F)c3cn2)c1F. The Morgan fingerprint density at radius 3 is 2.58 bits per heavy atom. The lowest BCUT2D eigenvalue weighted by Crippen LogP contribution is -2.34. The van der Waals surface area contributed by atoms with E-state index in [-0.39, 0.29) is 22.1 Å². The number of hydrogen-bond acceptors (Lipinski definition) is 7. The van der Waals surface area contributed by atoms with Crippen LogP contribution in [0.5, 0.6) is 5.88 Å². The molecular weight excluding hydrogens is 563 g/mol. The molecule has 0 atom stereocenters. The molecule has 200 valence electrons. The van der Waals surface area contributed by atoms with E-state index in [1.54, 1.807) is 5.32 Å². The van der Waals surface area contributed by atoms with Gasteiger partial charge in [-0.25, -0.2) is 27.2 Å². The first-order valence-electron chi connectivity index (χ1n) is 10.2. The molecule has 0 aliphatic carbocycles. The number of carbonyl (C=O) groups excluding carboxylic acids is 1. The number of aromatic nitrogens is 4. The molecule has 4 aromatic rings. The number of anilines is 1. The molecular formula is C21H14ClF5N6O4S. The van der Waals surface area contributed by atoms with Gasteiger partial charge in [-0.3, -0.25) is 14.5 Å². The van der Waals surface area contributed by atoms with Crippen LogP contribution in [0.25, 0.3) is 16.8 Å². The van der Waals surface area contributed by atoms with Gasteiger partial charge in [0, 0.05) is 12.4 Å². The smallest absolute Gasteiger partial charge is 0.405 e. The highest BCUT2D eigenvalue weighted by atomic mass is 35.5. The number of halogens is 6. The standard InChI is InChI=1S/C21H14ClF5N6O4S/c1-37-20-15(4-10(22)5-29-20)38(35,36)32-12-3-2-11(23)16(17(12)24)13-7-33-9-31-18(14(33)6-28-13)19(34)30-8-21(25,26)27/h2-7,9,32H,8H2,1H3,(H,30,34). The zero-order valence-electron chi connectivity index (χ0n) is 18.8. The average Bonchev–Trinajstić information content (AvgIpc) is 3.27. The van der Waals surface area contributed by atoms with Crippen LogP contribution in [0.3, 0.4) is 0 Å². The maximum atomic E-state index is 15.4. The molecule has 1 amide bonds. The number of fused-ring (bicyclic) bond motifs is 1. The second-order valence-corrected chi connectivity index (χ2v) is 9.59. The summed E-state index contributed by atoms with van der Waals surface area (Å²) in [4.78, 5) is 22.9. The van der Waals surface area contributed by atoms with Crippen molar-refractivity contribution >= 4 is 38.7 Å². The van der Waals surface area contributed by atoms with Gasteiger partial charge in [-0.15, -0.1) is 0 Å². The van der Waals surface area contributed by atoms with Crippen molar-refractivity contribution in [1.82, 2.24) is 24.7 Å². The summed E-state index contributed by atoms with van der Waals surface area (Å²) in [7, 11) is -3.35. The third kappa shape index (κ3) is 5.45. The van der Waals surface area contributed by atoms with Crippen molar-refractivity contribution in [2.45, 2.75) is 11.1 Å². The zero-order chi connectivity index (χ0) is 27.8. The van der Waals surface area contributed by atoms with Crippen LogP contribution in [-0.2, 0) is 10.0 Å². The first-order chi connectivity index (χ1) is 17.8. The predicted octanol–water partition coefficient (Wildman–Crippen LogP) is 3.82. The number of alkyl halides is 3. The van der Waals surface area contributed by atoms with E-state index in [4.69, 9.17) is 16.3 Å². The van der Waals surface area contributed by atoms with Crippen molar-refractivity contribution in [2.24, 2.45) is 0 Å². The third-order valence-electron chi connectivity index (χ3n) is 4.94. The van der Waals surface area contributed by atoms with Crippen molar-refractivity contribution < 1.29 is 39.9 Å². The Morgan fingerprint density at radius 1 is 1.16 bits per heavy atom. The van der Waals surface area contributed by atoms with Gasteiger partial charge < -0.3 is 14.5 Å². The maximum absolute atomic E-state index is 15.4.